The van der Waals surface area contributed by atoms with E-state index in [1.807, 2.05) is 0 Å². The van der Waals surface area contributed by atoms with E-state index in [1.54, 1.807) is 0 Å². The molecule has 2 heterocycles. The van der Waals surface area contributed by atoms with Gasteiger partial charge < -0.3 is 9.56 Å². The molecule has 11 rings (SSSR count). The maximum absolute atomic E-state index is 10.1. The van der Waals surface area contributed by atoms with Crippen LogP contribution in [0.25, 0.3) is 59.8 Å². The summed E-state index contributed by atoms with van der Waals surface area (Å²) in [5.74, 6) is 0. The van der Waals surface area contributed by atoms with Crippen molar-refractivity contribution in [3.8, 4) is 11.1 Å². The molecule has 0 saturated carbocycles. The van der Waals surface area contributed by atoms with Gasteiger partial charge in [0.05, 0.1) is 49.9 Å². The van der Waals surface area contributed by atoms with Gasteiger partial charge in [0.25, 0.3) is 16.8 Å². The Morgan fingerprint density at radius 3 is 1.90 bits per heavy atom. The fraction of sp³-hybridized carbons (Fsp3) is 0.115. The van der Waals surface area contributed by atoms with Crippen LogP contribution >= 0.6 is 0 Å². The quantitative estimate of drug-likeness (QED) is 0.101. The smallest absolute Gasteiger partial charge is 0.298 e. The third-order valence-electron chi connectivity index (χ3n) is 12.0. The maximum atomic E-state index is 10.1. The molecule has 299 valence electrons. The van der Waals surface area contributed by atoms with Crippen LogP contribution < -0.4 is 26.3 Å². The molecule has 7 nitrogen and oxygen atoms in total. The highest BCUT2D eigenvalue weighted by molar-refractivity contribution is 6.74. The van der Waals surface area contributed by atoms with Crippen LogP contribution in [0.15, 0.2) is 181 Å². The molecule has 10 heteroatoms. The number of allylic oxidation sites excluding steroid dienone is 4. The number of benzene rings is 8. The molecule has 3 aliphatic rings. The van der Waals surface area contributed by atoms with Crippen molar-refractivity contribution in [2.75, 3.05) is 4.90 Å². The molecule has 2 aliphatic heterocycles. The van der Waals surface area contributed by atoms with Gasteiger partial charge in [-0.3, -0.25) is 24.0 Å². The number of fused-ring (bicyclic) bond motifs is 8. The SMILES string of the molecule is C[Si](C)/N=C1\C(=N)C(c2cccc3c2ccc2ccccc23)=CC=C1N(c1cccc2c1=N[Si](C)(C)N=2)c1ccc(-c2ccc3ccc4ccccc4c3c2)c2c1=N[Si](C)(C)N=2. The molecular formula is C52H44N7Si3. The molecule has 0 atom stereocenters. The summed E-state index contributed by atoms with van der Waals surface area (Å²) >= 11 is 0. The Hall–Kier alpha value is -6.73. The summed E-state index contributed by atoms with van der Waals surface area (Å²) < 4.78 is 26.9. The van der Waals surface area contributed by atoms with E-state index in [-0.39, 0.29) is 0 Å². The van der Waals surface area contributed by atoms with Gasteiger partial charge in [0.2, 0.25) is 0 Å². The summed E-state index contributed by atoms with van der Waals surface area (Å²) in [4.78, 5) is 2.26. The molecule has 0 fully saturated rings. The van der Waals surface area contributed by atoms with Gasteiger partial charge in [0.15, 0.2) is 8.96 Å². The van der Waals surface area contributed by atoms with Crippen molar-refractivity contribution < 1.29 is 0 Å². The summed E-state index contributed by atoms with van der Waals surface area (Å²) in [6, 6.07) is 49.8. The van der Waals surface area contributed by atoms with Gasteiger partial charge in [-0.15, -0.1) is 0 Å². The molecule has 8 aromatic carbocycles. The number of hydrogen-bond acceptors (Lipinski definition) is 7. The molecule has 0 amide bonds. The van der Waals surface area contributed by atoms with Gasteiger partial charge in [0.1, 0.15) is 0 Å². The fourth-order valence-corrected chi connectivity index (χ4v) is 13.3. The van der Waals surface area contributed by atoms with Gasteiger partial charge in [-0.1, -0.05) is 128 Å². The zero-order valence-corrected chi connectivity index (χ0v) is 38.6. The molecule has 1 N–H and O–H groups in total. The third kappa shape index (κ3) is 6.28. The topological polar surface area (TPSA) is 88.9 Å². The fourth-order valence-electron chi connectivity index (χ4n) is 9.43. The van der Waals surface area contributed by atoms with Crippen LogP contribution in [0, 0.1) is 5.41 Å². The summed E-state index contributed by atoms with van der Waals surface area (Å²) in [7, 11) is -5.95. The van der Waals surface area contributed by atoms with Crippen molar-refractivity contribution >= 4 is 97.2 Å². The largest absolute Gasteiger partial charge is 0.319 e. The normalized spacial score (nSPS) is 16.8. The molecule has 1 radical (unpaired) electrons. The van der Waals surface area contributed by atoms with Crippen molar-refractivity contribution in [2.24, 2.45) is 23.3 Å². The summed E-state index contributed by atoms with van der Waals surface area (Å²) in [5, 5.41) is 23.2. The first kappa shape index (κ1) is 38.2. The highest BCUT2D eigenvalue weighted by Crippen LogP contribution is 2.37. The molecule has 0 unspecified atom stereocenters. The average molecular weight is 851 g/mol. The van der Waals surface area contributed by atoms with Gasteiger partial charge >= 0.3 is 0 Å². The summed E-state index contributed by atoms with van der Waals surface area (Å²) in [6.45, 7) is 13.1. The van der Waals surface area contributed by atoms with E-state index in [9.17, 15) is 5.41 Å². The highest BCUT2D eigenvalue weighted by Gasteiger charge is 2.34. The molecule has 62 heavy (non-hydrogen) atoms. The Labute approximate surface area is 363 Å². The predicted octanol–water partition coefficient (Wildman–Crippen LogP) is 10.7. The van der Waals surface area contributed by atoms with Gasteiger partial charge in [-0.05, 0) is 117 Å². The first-order chi connectivity index (χ1) is 29.9. The zero-order chi connectivity index (χ0) is 42.5. The molecule has 0 bridgehead atoms. The average Bonchev–Trinajstić information content (AvgIpc) is 3.78. The lowest BCUT2D eigenvalue weighted by Crippen LogP contribution is -2.40. The number of nitrogens with zero attached hydrogens (tertiary/aromatic N) is 6. The monoisotopic (exact) mass is 850 g/mol. The van der Waals surface area contributed by atoms with E-state index in [1.165, 1.54) is 37.7 Å². The van der Waals surface area contributed by atoms with Crippen molar-refractivity contribution in [2.45, 2.75) is 39.3 Å². The minimum Gasteiger partial charge on any atom is -0.319 e. The minimum atomic E-state index is -2.45. The Bertz CT molecular complexity index is 3660. The zero-order valence-electron chi connectivity index (χ0n) is 35.6. The molecule has 1 aliphatic carbocycles. The van der Waals surface area contributed by atoms with Crippen LogP contribution in [0.2, 0.25) is 39.3 Å². The second-order valence-electron chi connectivity index (χ2n) is 17.6. The van der Waals surface area contributed by atoms with Crippen molar-refractivity contribution in [3.63, 3.8) is 0 Å². The molecule has 8 aromatic rings. The van der Waals surface area contributed by atoms with Crippen LogP contribution in [0.1, 0.15) is 5.56 Å². The van der Waals surface area contributed by atoms with E-state index in [4.69, 9.17) is 23.3 Å². The van der Waals surface area contributed by atoms with Crippen LogP contribution in [-0.2, 0) is 0 Å². The number of nitrogens with one attached hydrogen (secondary N) is 1. The summed E-state index contributed by atoms with van der Waals surface area (Å²) in [5.41, 5.74) is 7.71. The van der Waals surface area contributed by atoms with Crippen molar-refractivity contribution in [1.29, 1.82) is 5.41 Å². The van der Waals surface area contributed by atoms with Crippen LogP contribution in [0.4, 0.5) is 11.4 Å². The van der Waals surface area contributed by atoms with Crippen molar-refractivity contribution in [1.82, 2.24) is 0 Å². The lowest BCUT2D eigenvalue weighted by molar-refractivity contribution is 1.16. The lowest BCUT2D eigenvalue weighted by atomic mass is 9.87. The van der Waals surface area contributed by atoms with E-state index >= 15 is 0 Å². The minimum absolute atomic E-state index is 0.399. The molecule has 0 aromatic heterocycles. The Morgan fingerprint density at radius 2 is 1.13 bits per heavy atom. The number of anilines is 2. The van der Waals surface area contributed by atoms with Crippen LogP contribution in [0.5, 0.6) is 0 Å². The number of hydrogen-bond donors (Lipinski definition) is 1. The van der Waals surface area contributed by atoms with Crippen LogP contribution in [0.3, 0.4) is 0 Å². The highest BCUT2D eigenvalue weighted by atomic mass is 28.3. The third-order valence-corrected chi connectivity index (χ3v) is 15.8. The standard InChI is InChI=1S/C52H44N7Si3/c1-60(2)54-51-46(30-28-42(48(51)53)40-18-11-17-39-36-15-9-7-14-33(36)25-26-41(39)40)59(45-20-12-19-44-50(45)57-61(3,4)55-44)47-29-27-38(49-52(47)58-62(5,6)56-49)35-24-23-34-22-21-32-13-8-10-16-37(32)43(34)31-35/h7-31,53H,1-6H3/b53-48?,54-51-. The van der Waals surface area contributed by atoms with E-state index < -0.39 is 25.8 Å². The van der Waals surface area contributed by atoms with Crippen molar-refractivity contribution in [3.05, 3.63) is 184 Å². The first-order valence-electron chi connectivity index (χ1n) is 21.2. The lowest BCUT2D eigenvalue weighted by Gasteiger charge is -2.32. The van der Waals surface area contributed by atoms with Gasteiger partial charge in [-0.2, -0.15) is 0 Å². The van der Waals surface area contributed by atoms with E-state index in [2.05, 4.69) is 196 Å². The Balaban J connectivity index is 1.17. The van der Waals surface area contributed by atoms with E-state index in [0.717, 1.165) is 66.2 Å². The molecule has 0 saturated heterocycles. The maximum Gasteiger partial charge on any atom is 0.298 e. The first-order valence-corrected chi connectivity index (χ1v) is 29.4. The van der Waals surface area contributed by atoms with Gasteiger partial charge in [-0.25, -0.2) is 0 Å². The van der Waals surface area contributed by atoms with E-state index in [0.29, 0.717) is 11.4 Å². The second kappa shape index (κ2) is 14.2. The second-order valence-corrected chi connectivity index (χ2v) is 26.6. The summed E-state index contributed by atoms with van der Waals surface area (Å²) in [6.07, 6.45) is 4.28. The van der Waals surface area contributed by atoms with Gasteiger partial charge in [0, 0.05) is 11.1 Å². The Morgan fingerprint density at radius 1 is 0.516 bits per heavy atom. The molecular weight excluding hydrogens is 807 g/mol. The predicted molar refractivity (Wildman–Crippen MR) is 265 cm³/mol. The number of rotatable bonds is 6. The molecule has 0 spiro atoms. The Kier molecular flexibility index (Phi) is 8.73. The van der Waals surface area contributed by atoms with Crippen LogP contribution in [-0.4, -0.2) is 37.2 Å².